The fraction of sp³-hybridized carbons (Fsp3) is 0.263. The number of allylic oxidation sites excluding steroid dienone is 4. The zero-order chi connectivity index (χ0) is 56.6. The third kappa shape index (κ3) is 11.8. The van der Waals surface area contributed by atoms with Gasteiger partial charge < -0.3 is 9.97 Å². The minimum atomic E-state index is -0.0721. The van der Waals surface area contributed by atoms with Gasteiger partial charge in [-0.3, -0.25) is 0 Å². The minimum absolute atomic E-state index is 0. The Balaban J connectivity index is 0.00000792. The number of aromatic nitrogens is 4. The summed E-state index contributed by atoms with van der Waals surface area (Å²) >= 11 is 0. The number of hydrogen-bond donors (Lipinski definition) is 0. The van der Waals surface area contributed by atoms with Gasteiger partial charge in [-0.15, -0.1) is 22.1 Å². The van der Waals surface area contributed by atoms with Crippen LogP contribution in [0.5, 0.6) is 0 Å². The Morgan fingerprint density at radius 3 is 1.07 bits per heavy atom. The van der Waals surface area contributed by atoms with Gasteiger partial charge in [0.25, 0.3) is 0 Å². The molecule has 0 saturated heterocycles. The van der Waals surface area contributed by atoms with E-state index >= 15 is 0 Å². The maximum Gasteiger partial charge on any atom is 2.00 e. The van der Waals surface area contributed by atoms with Crippen LogP contribution in [-0.4, -0.2) is 9.97 Å². The zero-order valence-corrected chi connectivity index (χ0v) is 53.0. The molecule has 5 aromatic carbocycles. The van der Waals surface area contributed by atoms with Crippen LogP contribution < -0.4 is 9.97 Å². The predicted octanol–water partition coefficient (Wildman–Crippen LogP) is 18.1. The Kier molecular flexibility index (Phi) is 16.8. The third-order valence-corrected chi connectivity index (χ3v) is 16.0. The van der Waals surface area contributed by atoms with Gasteiger partial charge >= 0.3 is 19.5 Å². The first-order valence-electron chi connectivity index (χ1n) is 28.5. The van der Waals surface area contributed by atoms with Crippen LogP contribution in [0.15, 0.2) is 133 Å². The molecule has 3 aromatic heterocycles. The van der Waals surface area contributed by atoms with Crippen LogP contribution in [-0.2, 0) is 43.1 Å². The molecular formula is C76H72N4Zn. The van der Waals surface area contributed by atoms with Crippen molar-refractivity contribution in [1.82, 2.24) is 19.9 Å². The van der Waals surface area contributed by atoms with Crippen molar-refractivity contribution in [2.24, 2.45) is 0 Å². The molecule has 0 aliphatic carbocycles. The Morgan fingerprint density at radius 1 is 0.395 bits per heavy atom. The topological polar surface area (TPSA) is 54.0 Å². The fourth-order valence-electron chi connectivity index (χ4n) is 11.3. The molecule has 8 aromatic rings. The van der Waals surface area contributed by atoms with E-state index in [1.807, 2.05) is 78.9 Å². The fourth-order valence-corrected chi connectivity index (χ4v) is 11.3. The van der Waals surface area contributed by atoms with E-state index in [0.29, 0.717) is 0 Å². The van der Waals surface area contributed by atoms with Gasteiger partial charge in [-0.1, -0.05) is 188 Å². The molecule has 10 rings (SSSR count). The molecule has 0 amide bonds. The normalized spacial score (nSPS) is 12.3. The molecule has 0 spiro atoms. The van der Waals surface area contributed by atoms with Crippen LogP contribution >= 0.6 is 0 Å². The second-order valence-electron chi connectivity index (χ2n) is 23.4. The maximum absolute atomic E-state index is 5.71. The summed E-state index contributed by atoms with van der Waals surface area (Å²) in [6.07, 6.45) is 3.32. The van der Waals surface area contributed by atoms with E-state index in [1.54, 1.807) is 0 Å². The molecule has 0 atom stereocenters. The Morgan fingerprint density at radius 2 is 0.741 bits per heavy atom. The Bertz CT molecular complexity index is 4030. The molecule has 0 saturated carbocycles. The first-order chi connectivity index (χ1) is 38.4. The van der Waals surface area contributed by atoms with E-state index < -0.39 is 0 Å². The first kappa shape index (κ1) is 57.7. The van der Waals surface area contributed by atoms with Gasteiger partial charge in [0, 0.05) is 38.9 Å². The summed E-state index contributed by atoms with van der Waals surface area (Å²) in [6.45, 7) is 31.8. The largest absolute Gasteiger partial charge is 2.00 e. The van der Waals surface area contributed by atoms with Crippen molar-refractivity contribution in [1.29, 1.82) is 0 Å². The summed E-state index contributed by atoms with van der Waals surface area (Å²) < 4.78 is 0. The molecule has 2 aliphatic rings. The molecule has 0 N–H and O–H groups in total. The maximum atomic E-state index is 5.71. The summed E-state index contributed by atoms with van der Waals surface area (Å²) in [7, 11) is 0. The van der Waals surface area contributed by atoms with Crippen molar-refractivity contribution in [2.45, 2.75) is 133 Å². The summed E-state index contributed by atoms with van der Waals surface area (Å²) in [5.41, 5.74) is 29.8. The second-order valence-corrected chi connectivity index (χ2v) is 23.4. The van der Waals surface area contributed by atoms with Gasteiger partial charge in [-0.25, -0.2) is 9.97 Å². The van der Waals surface area contributed by atoms with Gasteiger partial charge in [0.1, 0.15) is 0 Å². The van der Waals surface area contributed by atoms with E-state index in [9.17, 15) is 0 Å². The van der Waals surface area contributed by atoms with Crippen LogP contribution in [0.2, 0.25) is 0 Å². The molecule has 5 heterocycles. The SMILES string of the molecule is CCC1=C(C)c2nc1cc1[n-]c(c(C)c1CC)c(-c1ccc(C#Cc3ccc(C#Cc4ccc(C#Cc5ccccc5)cc4)cc3)cc1)c1[n-]c(cc3nc(c2-c2cc(C(C)(C)C)cc(C(C)(C)C)c2)C(C)=C3CC)c(CC)c1C.[Zn+2]. The zero-order valence-electron chi connectivity index (χ0n) is 50.0. The molecule has 398 valence electrons. The molecule has 4 nitrogen and oxygen atoms in total. The van der Waals surface area contributed by atoms with Crippen LogP contribution in [0, 0.1) is 49.4 Å². The van der Waals surface area contributed by atoms with Gasteiger partial charge in [0.15, 0.2) is 0 Å². The van der Waals surface area contributed by atoms with E-state index in [4.69, 9.17) is 19.9 Å². The van der Waals surface area contributed by atoms with Crippen molar-refractivity contribution >= 4 is 44.4 Å². The molecule has 5 heteroatoms. The van der Waals surface area contributed by atoms with Crippen molar-refractivity contribution < 1.29 is 19.5 Å². The molecule has 0 radical (unpaired) electrons. The molecule has 8 bridgehead atoms. The number of aryl methyl sites for hydroxylation is 4. The summed E-state index contributed by atoms with van der Waals surface area (Å²) in [5, 5.41) is 0. The summed E-state index contributed by atoms with van der Waals surface area (Å²) in [6, 6.07) is 46.6. The van der Waals surface area contributed by atoms with Gasteiger partial charge in [-0.05, 0) is 187 Å². The van der Waals surface area contributed by atoms with Crippen LogP contribution in [0.4, 0.5) is 0 Å². The second kappa shape index (κ2) is 23.6. The average Bonchev–Trinajstić information content (AvgIpc) is 4.37. The minimum Gasteiger partial charge on any atom is -0.657 e. The quantitative estimate of drug-likeness (QED) is 0.123. The van der Waals surface area contributed by atoms with E-state index in [2.05, 4.69) is 187 Å². The Hall–Kier alpha value is -8.00. The standard InChI is InChI=1S/C76H72N4.Zn/c1-15-61-47(5)71-69(57-40-38-56(39-41-57)37-36-55-34-32-54(33-35-55)31-30-53-28-26-52(27-29-53)25-24-51-22-20-19-21-23-51)72-48(6)62(16-2)66(78-72)46-68-64(18-4)50(8)74(80-68)70(73-49(7)63(17-3)67(79-73)45-65(61)77-71)58-42-59(75(9,10)11)44-60(43-58)76(12,13)14;/h19-23,26-29,32-35,38-46H,15-18H2,1-14H3;/q-2;+2. The first-order valence-corrected chi connectivity index (χ1v) is 28.5. The van der Waals surface area contributed by atoms with Crippen molar-refractivity contribution in [3.8, 4) is 57.8 Å². The number of rotatable bonds is 6. The summed E-state index contributed by atoms with van der Waals surface area (Å²) in [5.74, 6) is 19.9. The molecule has 2 aliphatic heterocycles. The van der Waals surface area contributed by atoms with Gasteiger partial charge in [-0.2, -0.15) is 0 Å². The molecule has 0 unspecified atom stereocenters. The average molecular weight is 1110 g/mol. The number of hydrogen-bond acceptors (Lipinski definition) is 2. The number of fused-ring (bicyclic) bond motifs is 8. The van der Waals surface area contributed by atoms with Crippen molar-refractivity contribution in [3.63, 3.8) is 0 Å². The van der Waals surface area contributed by atoms with Crippen molar-refractivity contribution in [2.75, 3.05) is 0 Å². The van der Waals surface area contributed by atoms with E-state index in [-0.39, 0.29) is 30.3 Å². The van der Waals surface area contributed by atoms with Gasteiger partial charge in [0.2, 0.25) is 0 Å². The van der Waals surface area contributed by atoms with Gasteiger partial charge in [0.05, 0.1) is 22.8 Å². The van der Waals surface area contributed by atoms with Crippen LogP contribution in [0.3, 0.4) is 0 Å². The van der Waals surface area contributed by atoms with Crippen LogP contribution in [0.1, 0.15) is 185 Å². The predicted molar refractivity (Wildman–Crippen MR) is 338 cm³/mol. The third-order valence-electron chi connectivity index (χ3n) is 16.0. The summed E-state index contributed by atoms with van der Waals surface area (Å²) in [4.78, 5) is 22.7. The molecule has 0 fully saturated rings. The van der Waals surface area contributed by atoms with Crippen molar-refractivity contribution in [3.05, 3.63) is 223 Å². The Labute approximate surface area is 494 Å². The van der Waals surface area contributed by atoms with E-state index in [1.165, 1.54) is 44.5 Å². The molecule has 81 heavy (non-hydrogen) atoms. The number of nitrogens with zero attached hydrogens (tertiary/aromatic N) is 4. The molecular weight excluding hydrogens is 1030 g/mol. The number of benzene rings is 5. The van der Waals surface area contributed by atoms with E-state index in [0.717, 1.165) is 137 Å². The smallest absolute Gasteiger partial charge is 0.657 e. The van der Waals surface area contributed by atoms with Crippen LogP contribution in [0.25, 0.3) is 66.6 Å². The monoisotopic (exact) mass is 1100 g/mol.